The minimum Gasteiger partial charge on any atom is -0.467 e. The SMILES string of the molecule is COC(=O)C(O)c1cc(Cl)c2c(c1)CC(=O)N2. The van der Waals surface area contributed by atoms with Crippen LogP contribution in [0.3, 0.4) is 0 Å². The summed E-state index contributed by atoms with van der Waals surface area (Å²) in [5.41, 5.74) is 1.52. The second-order valence-electron chi connectivity index (χ2n) is 3.69. The van der Waals surface area contributed by atoms with Crippen LogP contribution in [0.1, 0.15) is 17.2 Å². The Morgan fingerprint density at radius 2 is 2.29 bits per heavy atom. The number of aliphatic hydroxyl groups excluding tert-OH is 1. The smallest absolute Gasteiger partial charge is 0.339 e. The van der Waals surface area contributed by atoms with E-state index in [4.69, 9.17) is 11.6 Å². The van der Waals surface area contributed by atoms with Crippen LogP contribution in [0.5, 0.6) is 0 Å². The van der Waals surface area contributed by atoms with Crippen LogP contribution in [0.15, 0.2) is 12.1 Å². The summed E-state index contributed by atoms with van der Waals surface area (Å²) in [6.07, 6.45) is -1.20. The monoisotopic (exact) mass is 255 g/mol. The highest BCUT2D eigenvalue weighted by Gasteiger charge is 2.25. The molecule has 0 spiro atoms. The van der Waals surface area contributed by atoms with Gasteiger partial charge in [-0.15, -0.1) is 0 Å². The molecule has 2 rings (SSSR count). The Bertz CT molecular complexity index is 500. The molecule has 0 aliphatic carbocycles. The van der Waals surface area contributed by atoms with Crippen molar-refractivity contribution in [2.45, 2.75) is 12.5 Å². The van der Waals surface area contributed by atoms with E-state index < -0.39 is 12.1 Å². The van der Waals surface area contributed by atoms with Gasteiger partial charge in [0.1, 0.15) is 0 Å². The van der Waals surface area contributed by atoms with Crippen molar-refractivity contribution in [2.24, 2.45) is 0 Å². The van der Waals surface area contributed by atoms with Gasteiger partial charge in [0.15, 0.2) is 6.10 Å². The lowest BCUT2D eigenvalue weighted by molar-refractivity contribution is -0.150. The molecule has 1 atom stereocenters. The number of methoxy groups -OCH3 is 1. The molecule has 1 unspecified atom stereocenters. The van der Waals surface area contributed by atoms with Crippen molar-refractivity contribution in [3.8, 4) is 0 Å². The van der Waals surface area contributed by atoms with Gasteiger partial charge in [0.05, 0.1) is 24.2 Å². The van der Waals surface area contributed by atoms with Crippen LogP contribution in [0.2, 0.25) is 5.02 Å². The van der Waals surface area contributed by atoms with Crippen molar-refractivity contribution < 1.29 is 19.4 Å². The third kappa shape index (κ3) is 2.11. The standard InChI is InChI=1S/C11H10ClNO4/c1-17-11(16)10(15)6-2-5-4-8(14)13-9(5)7(12)3-6/h2-3,10,15H,4H2,1H3,(H,13,14). The van der Waals surface area contributed by atoms with Crippen LogP contribution in [0.4, 0.5) is 5.69 Å². The summed E-state index contributed by atoms with van der Waals surface area (Å²) in [4.78, 5) is 22.4. The third-order valence-electron chi connectivity index (χ3n) is 2.55. The summed E-state index contributed by atoms with van der Waals surface area (Å²) in [6.45, 7) is 0. The normalized spacial score (nSPS) is 15.1. The van der Waals surface area contributed by atoms with E-state index in [1.54, 1.807) is 6.07 Å². The van der Waals surface area contributed by atoms with E-state index in [2.05, 4.69) is 10.1 Å². The number of aliphatic hydroxyl groups is 1. The van der Waals surface area contributed by atoms with Gasteiger partial charge in [-0.2, -0.15) is 0 Å². The molecule has 90 valence electrons. The zero-order valence-electron chi connectivity index (χ0n) is 8.99. The second-order valence-corrected chi connectivity index (χ2v) is 4.09. The van der Waals surface area contributed by atoms with E-state index in [-0.39, 0.29) is 12.3 Å². The van der Waals surface area contributed by atoms with Gasteiger partial charge in [-0.05, 0) is 23.3 Å². The van der Waals surface area contributed by atoms with E-state index in [0.717, 1.165) is 0 Å². The third-order valence-corrected chi connectivity index (χ3v) is 2.85. The van der Waals surface area contributed by atoms with E-state index in [0.29, 0.717) is 21.8 Å². The number of benzene rings is 1. The maximum Gasteiger partial charge on any atom is 0.339 e. The molecular formula is C11H10ClNO4. The van der Waals surface area contributed by atoms with E-state index in [1.165, 1.54) is 13.2 Å². The fraction of sp³-hybridized carbons (Fsp3) is 0.273. The number of fused-ring (bicyclic) bond motifs is 1. The molecule has 0 radical (unpaired) electrons. The van der Waals surface area contributed by atoms with Gasteiger partial charge in [0.2, 0.25) is 5.91 Å². The molecular weight excluding hydrogens is 246 g/mol. The summed E-state index contributed by atoms with van der Waals surface area (Å²) in [5.74, 6) is -0.926. The van der Waals surface area contributed by atoms with Crippen LogP contribution in [0.25, 0.3) is 0 Å². The van der Waals surface area contributed by atoms with Crippen LogP contribution in [-0.4, -0.2) is 24.1 Å². The molecule has 0 saturated heterocycles. The predicted molar refractivity (Wildman–Crippen MR) is 60.8 cm³/mol. The quantitative estimate of drug-likeness (QED) is 0.775. The fourth-order valence-electron chi connectivity index (χ4n) is 1.73. The Balaban J connectivity index is 2.39. The molecule has 0 aromatic heterocycles. The number of halogens is 1. The first-order valence-electron chi connectivity index (χ1n) is 4.91. The highest BCUT2D eigenvalue weighted by molar-refractivity contribution is 6.34. The van der Waals surface area contributed by atoms with Crippen LogP contribution >= 0.6 is 11.6 Å². The number of anilines is 1. The van der Waals surface area contributed by atoms with Crippen molar-refractivity contribution >= 4 is 29.2 Å². The molecule has 0 fully saturated rings. The van der Waals surface area contributed by atoms with Gasteiger partial charge in [-0.1, -0.05) is 11.6 Å². The zero-order valence-corrected chi connectivity index (χ0v) is 9.75. The molecule has 2 N–H and O–H groups in total. The molecule has 1 aliphatic rings. The lowest BCUT2D eigenvalue weighted by Crippen LogP contribution is -2.13. The summed E-state index contributed by atoms with van der Waals surface area (Å²) in [6, 6.07) is 3.01. The van der Waals surface area contributed by atoms with Crippen LogP contribution in [0, 0.1) is 0 Å². The van der Waals surface area contributed by atoms with E-state index in [1.807, 2.05) is 0 Å². The van der Waals surface area contributed by atoms with Crippen LogP contribution in [-0.2, 0) is 20.7 Å². The van der Waals surface area contributed by atoms with Crippen molar-refractivity contribution in [3.63, 3.8) is 0 Å². The number of esters is 1. The maximum absolute atomic E-state index is 11.2. The van der Waals surface area contributed by atoms with Gasteiger partial charge >= 0.3 is 5.97 Å². The number of hydrogen-bond donors (Lipinski definition) is 2. The summed E-state index contributed by atoms with van der Waals surface area (Å²) in [5, 5.41) is 12.6. The molecule has 5 nitrogen and oxygen atoms in total. The largest absolute Gasteiger partial charge is 0.467 e. The zero-order chi connectivity index (χ0) is 12.6. The Kier molecular flexibility index (Phi) is 3.04. The molecule has 17 heavy (non-hydrogen) atoms. The Hall–Kier alpha value is -1.59. The number of carbonyl (C=O) groups excluding carboxylic acids is 2. The van der Waals surface area contributed by atoms with Crippen molar-refractivity contribution in [2.75, 3.05) is 12.4 Å². The molecule has 6 heteroatoms. The summed E-state index contributed by atoms with van der Waals surface area (Å²) >= 11 is 5.95. The van der Waals surface area contributed by atoms with Gasteiger partial charge in [-0.3, -0.25) is 4.79 Å². The minimum atomic E-state index is -1.39. The van der Waals surface area contributed by atoms with Gasteiger partial charge < -0.3 is 15.2 Å². The molecule has 1 aromatic rings. The van der Waals surface area contributed by atoms with Gasteiger partial charge in [0, 0.05) is 0 Å². The minimum absolute atomic E-state index is 0.161. The van der Waals surface area contributed by atoms with Gasteiger partial charge in [0.25, 0.3) is 0 Å². The number of hydrogen-bond acceptors (Lipinski definition) is 4. The highest BCUT2D eigenvalue weighted by atomic mass is 35.5. The molecule has 1 aromatic carbocycles. The summed E-state index contributed by atoms with van der Waals surface area (Å²) < 4.78 is 4.43. The van der Waals surface area contributed by atoms with E-state index in [9.17, 15) is 14.7 Å². The molecule has 1 amide bonds. The van der Waals surface area contributed by atoms with Gasteiger partial charge in [-0.25, -0.2) is 4.79 Å². The van der Waals surface area contributed by atoms with Crippen molar-refractivity contribution in [1.82, 2.24) is 0 Å². The number of nitrogens with one attached hydrogen (secondary N) is 1. The Morgan fingerprint density at radius 1 is 1.59 bits per heavy atom. The Morgan fingerprint density at radius 3 is 2.94 bits per heavy atom. The molecule has 0 bridgehead atoms. The molecule has 1 aliphatic heterocycles. The van der Waals surface area contributed by atoms with Crippen LogP contribution < -0.4 is 5.32 Å². The average Bonchev–Trinajstić information content (AvgIpc) is 2.68. The fourth-order valence-corrected chi connectivity index (χ4v) is 2.02. The van der Waals surface area contributed by atoms with Crippen molar-refractivity contribution in [3.05, 3.63) is 28.3 Å². The predicted octanol–water partition coefficient (Wildman–Crippen LogP) is 1.04. The maximum atomic E-state index is 11.2. The lowest BCUT2D eigenvalue weighted by Gasteiger charge is -2.11. The second kappa shape index (κ2) is 4.35. The van der Waals surface area contributed by atoms with E-state index >= 15 is 0 Å². The summed E-state index contributed by atoms with van der Waals surface area (Å²) in [7, 11) is 1.19. The Labute approximate surface area is 102 Å². The number of ether oxygens (including phenoxy) is 1. The number of carbonyl (C=O) groups is 2. The number of rotatable bonds is 2. The average molecular weight is 256 g/mol. The molecule has 1 heterocycles. The topological polar surface area (TPSA) is 75.6 Å². The van der Waals surface area contributed by atoms with Crippen molar-refractivity contribution in [1.29, 1.82) is 0 Å². The first-order chi connectivity index (χ1) is 8.02. The number of amides is 1. The first-order valence-corrected chi connectivity index (χ1v) is 5.28. The lowest BCUT2D eigenvalue weighted by atomic mass is 10.0. The molecule has 0 saturated carbocycles. The highest BCUT2D eigenvalue weighted by Crippen LogP contribution is 2.34. The first kappa shape index (κ1) is 11.9.